The summed E-state index contributed by atoms with van der Waals surface area (Å²) >= 11 is 0. The van der Waals surface area contributed by atoms with E-state index in [1.54, 1.807) is 0 Å². The lowest BCUT2D eigenvalue weighted by atomic mass is 9.84. The SMILES string of the molecule is Cc1ccc(C(=O)N2CCC([C@@H]3OCCC3C(=O)O)CC2)cc1C. The van der Waals surface area contributed by atoms with Gasteiger partial charge in [0.1, 0.15) is 0 Å². The van der Waals surface area contributed by atoms with Crippen molar-refractivity contribution < 1.29 is 19.4 Å². The van der Waals surface area contributed by atoms with Gasteiger partial charge in [-0.1, -0.05) is 6.07 Å². The molecule has 5 heteroatoms. The molecule has 5 nitrogen and oxygen atoms in total. The van der Waals surface area contributed by atoms with Gasteiger partial charge in [0.15, 0.2) is 0 Å². The van der Waals surface area contributed by atoms with Gasteiger partial charge in [-0.15, -0.1) is 0 Å². The molecule has 0 bridgehead atoms. The van der Waals surface area contributed by atoms with Crippen LogP contribution in [0.25, 0.3) is 0 Å². The summed E-state index contributed by atoms with van der Waals surface area (Å²) in [4.78, 5) is 25.9. The Balaban J connectivity index is 1.61. The van der Waals surface area contributed by atoms with Gasteiger partial charge in [0.05, 0.1) is 12.0 Å². The summed E-state index contributed by atoms with van der Waals surface area (Å²) in [5.41, 5.74) is 3.04. The first kappa shape index (κ1) is 17.0. The largest absolute Gasteiger partial charge is 0.481 e. The number of piperidine rings is 1. The van der Waals surface area contributed by atoms with Crippen LogP contribution in [0.3, 0.4) is 0 Å². The maximum Gasteiger partial charge on any atom is 0.309 e. The highest BCUT2D eigenvalue weighted by molar-refractivity contribution is 5.94. The second-order valence-corrected chi connectivity index (χ2v) is 7.00. The van der Waals surface area contributed by atoms with E-state index in [4.69, 9.17) is 4.74 Å². The number of ether oxygens (including phenoxy) is 1. The van der Waals surface area contributed by atoms with Crippen molar-refractivity contribution in [3.8, 4) is 0 Å². The normalized spacial score (nSPS) is 25.0. The van der Waals surface area contributed by atoms with Gasteiger partial charge in [0.2, 0.25) is 0 Å². The van der Waals surface area contributed by atoms with Crippen molar-refractivity contribution in [1.82, 2.24) is 4.90 Å². The van der Waals surface area contributed by atoms with E-state index in [1.807, 2.05) is 36.9 Å². The molecule has 0 spiro atoms. The second-order valence-electron chi connectivity index (χ2n) is 7.00. The molecule has 0 radical (unpaired) electrons. The van der Waals surface area contributed by atoms with Gasteiger partial charge in [0.25, 0.3) is 5.91 Å². The molecule has 1 aromatic rings. The van der Waals surface area contributed by atoms with E-state index in [0.29, 0.717) is 26.1 Å². The van der Waals surface area contributed by atoms with Gasteiger partial charge < -0.3 is 14.7 Å². The van der Waals surface area contributed by atoms with Gasteiger partial charge in [-0.25, -0.2) is 0 Å². The highest BCUT2D eigenvalue weighted by Gasteiger charge is 2.40. The summed E-state index contributed by atoms with van der Waals surface area (Å²) in [6.07, 6.45) is 2.03. The topological polar surface area (TPSA) is 66.8 Å². The summed E-state index contributed by atoms with van der Waals surface area (Å²) in [5, 5.41) is 9.31. The first-order valence-electron chi connectivity index (χ1n) is 8.68. The molecule has 130 valence electrons. The monoisotopic (exact) mass is 331 g/mol. The summed E-state index contributed by atoms with van der Waals surface area (Å²) < 4.78 is 5.69. The number of amides is 1. The quantitative estimate of drug-likeness (QED) is 0.924. The molecule has 24 heavy (non-hydrogen) atoms. The van der Waals surface area contributed by atoms with Crippen molar-refractivity contribution >= 4 is 11.9 Å². The first-order chi connectivity index (χ1) is 11.5. The van der Waals surface area contributed by atoms with Crippen LogP contribution in [0.5, 0.6) is 0 Å². The van der Waals surface area contributed by atoms with E-state index in [0.717, 1.165) is 24.0 Å². The molecule has 2 atom stereocenters. The number of likely N-dealkylation sites (tertiary alicyclic amines) is 1. The molecule has 2 fully saturated rings. The summed E-state index contributed by atoms with van der Waals surface area (Å²) in [6.45, 7) is 5.92. The summed E-state index contributed by atoms with van der Waals surface area (Å²) in [6, 6.07) is 5.82. The number of carbonyl (C=O) groups excluding carboxylic acids is 1. The standard InChI is InChI=1S/C19H25NO4/c1-12-3-4-15(11-13(12)2)18(21)20-8-5-14(6-9-20)17-16(19(22)23)7-10-24-17/h3-4,11,14,16-17H,5-10H2,1-2H3,(H,22,23)/t16?,17-/m0/s1. The molecule has 0 saturated carbocycles. The lowest BCUT2D eigenvalue weighted by Crippen LogP contribution is -2.43. The molecule has 2 aliphatic heterocycles. The maximum absolute atomic E-state index is 12.7. The Morgan fingerprint density at radius 3 is 2.46 bits per heavy atom. The van der Waals surface area contributed by atoms with E-state index in [9.17, 15) is 14.7 Å². The molecular weight excluding hydrogens is 306 g/mol. The molecule has 0 aliphatic carbocycles. The van der Waals surface area contributed by atoms with E-state index in [-0.39, 0.29) is 17.9 Å². The third-order valence-corrected chi connectivity index (χ3v) is 5.50. The number of hydrogen-bond acceptors (Lipinski definition) is 3. The Bertz CT molecular complexity index is 634. The number of hydrogen-bond donors (Lipinski definition) is 1. The fraction of sp³-hybridized carbons (Fsp3) is 0.579. The average Bonchev–Trinajstić information content (AvgIpc) is 3.07. The van der Waals surface area contributed by atoms with Crippen molar-refractivity contribution in [1.29, 1.82) is 0 Å². The second kappa shape index (κ2) is 6.93. The van der Waals surface area contributed by atoms with E-state index in [1.165, 1.54) is 5.56 Å². The molecular formula is C19H25NO4. The van der Waals surface area contributed by atoms with Crippen molar-refractivity contribution in [3.63, 3.8) is 0 Å². The van der Waals surface area contributed by atoms with Crippen LogP contribution in [-0.2, 0) is 9.53 Å². The van der Waals surface area contributed by atoms with Gasteiger partial charge in [-0.2, -0.15) is 0 Å². The third-order valence-electron chi connectivity index (χ3n) is 5.50. The molecule has 1 amide bonds. The fourth-order valence-corrected chi connectivity index (χ4v) is 3.83. The number of rotatable bonds is 3. The summed E-state index contributed by atoms with van der Waals surface area (Å²) in [5.74, 6) is -0.848. The molecule has 1 N–H and O–H groups in total. The molecule has 1 aromatic carbocycles. The molecule has 2 aliphatic rings. The Labute approximate surface area is 142 Å². The van der Waals surface area contributed by atoms with Crippen molar-refractivity contribution in [2.45, 2.75) is 39.2 Å². The Hall–Kier alpha value is -1.88. The van der Waals surface area contributed by atoms with Crippen molar-refractivity contribution in [2.75, 3.05) is 19.7 Å². The van der Waals surface area contributed by atoms with Crippen molar-refractivity contribution in [3.05, 3.63) is 34.9 Å². The first-order valence-corrected chi connectivity index (χ1v) is 8.68. The zero-order valence-electron chi connectivity index (χ0n) is 14.3. The molecule has 0 aromatic heterocycles. The van der Waals surface area contributed by atoms with Crippen LogP contribution in [-0.4, -0.2) is 47.7 Å². The van der Waals surface area contributed by atoms with Crippen LogP contribution in [0, 0.1) is 25.7 Å². The number of aryl methyl sites for hydroxylation is 2. The van der Waals surface area contributed by atoms with Crippen molar-refractivity contribution in [2.24, 2.45) is 11.8 Å². The molecule has 3 rings (SSSR count). The summed E-state index contributed by atoms with van der Waals surface area (Å²) in [7, 11) is 0. The number of carboxylic acids is 1. The minimum atomic E-state index is -0.758. The van der Waals surface area contributed by atoms with Crippen LogP contribution in [0.15, 0.2) is 18.2 Å². The third kappa shape index (κ3) is 3.31. The Morgan fingerprint density at radius 1 is 1.12 bits per heavy atom. The Morgan fingerprint density at radius 2 is 1.83 bits per heavy atom. The van der Waals surface area contributed by atoms with Crippen LogP contribution in [0.1, 0.15) is 40.7 Å². The molecule has 1 unspecified atom stereocenters. The van der Waals surface area contributed by atoms with Gasteiger partial charge in [-0.3, -0.25) is 9.59 Å². The van der Waals surface area contributed by atoms with E-state index >= 15 is 0 Å². The molecule has 2 heterocycles. The van der Waals surface area contributed by atoms with Gasteiger partial charge in [0, 0.05) is 25.3 Å². The lowest BCUT2D eigenvalue weighted by Gasteiger charge is -2.35. The predicted octanol–water partition coefficient (Wildman–Crippen LogP) is 2.65. The molecule has 2 saturated heterocycles. The van der Waals surface area contributed by atoms with Crippen LogP contribution < -0.4 is 0 Å². The lowest BCUT2D eigenvalue weighted by molar-refractivity contribution is -0.145. The van der Waals surface area contributed by atoms with Gasteiger partial charge >= 0.3 is 5.97 Å². The number of carboxylic acid groups (broad SMARTS) is 1. The number of benzene rings is 1. The highest BCUT2D eigenvalue weighted by atomic mass is 16.5. The average molecular weight is 331 g/mol. The minimum absolute atomic E-state index is 0.0682. The minimum Gasteiger partial charge on any atom is -0.481 e. The number of carbonyl (C=O) groups is 2. The van der Waals surface area contributed by atoms with E-state index < -0.39 is 11.9 Å². The van der Waals surface area contributed by atoms with Crippen LogP contribution in [0.4, 0.5) is 0 Å². The van der Waals surface area contributed by atoms with Crippen LogP contribution in [0.2, 0.25) is 0 Å². The van der Waals surface area contributed by atoms with E-state index in [2.05, 4.69) is 0 Å². The highest BCUT2D eigenvalue weighted by Crippen LogP contribution is 2.33. The van der Waals surface area contributed by atoms with Crippen LogP contribution >= 0.6 is 0 Å². The Kier molecular flexibility index (Phi) is 4.90. The smallest absolute Gasteiger partial charge is 0.309 e. The number of aliphatic carboxylic acids is 1. The van der Waals surface area contributed by atoms with Gasteiger partial charge in [-0.05, 0) is 62.3 Å². The fourth-order valence-electron chi connectivity index (χ4n) is 3.83. The zero-order chi connectivity index (χ0) is 17.3. The maximum atomic E-state index is 12.7. The number of nitrogens with zero attached hydrogens (tertiary/aromatic N) is 1. The predicted molar refractivity (Wildman–Crippen MR) is 90.0 cm³/mol. The zero-order valence-corrected chi connectivity index (χ0v) is 14.3.